The molecular formula is C14H19BrN2O2S. The average Bonchev–Trinajstić information content (AvgIpc) is 2.88. The lowest BCUT2D eigenvalue weighted by atomic mass is 10.0. The summed E-state index contributed by atoms with van der Waals surface area (Å²) < 4.78 is 6.40. The van der Waals surface area contributed by atoms with Crippen molar-refractivity contribution in [3.63, 3.8) is 0 Å². The summed E-state index contributed by atoms with van der Waals surface area (Å²) in [6.45, 7) is 9.53. The second kappa shape index (κ2) is 5.40. The summed E-state index contributed by atoms with van der Waals surface area (Å²) in [6, 6.07) is 1.96. The third-order valence-electron chi connectivity index (χ3n) is 4.15. The van der Waals surface area contributed by atoms with Crippen LogP contribution in [-0.2, 0) is 10.3 Å². The van der Waals surface area contributed by atoms with Crippen molar-refractivity contribution >= 4 is 33.2 Å². The molecule has 0 saturated carbocycles. The van der Waals surface area contributed by atoms with E-state index >= 15 is 0 Å². The molecular weight excluding hydrogens is 340 g/mol. The number of amides is 1. The van der Waals surface area contributed by atoms with E-state index in [4.69, 9.17) is 4.74 Å². The number of halogens is 1. The molecule has 1 saturated heterocycles. The molecule has 0 aliphatic carbocycles. The number of carbonyl (C=O) groups is 1. The lowest BCUT2D eigenvalue weighted by molar-refractivity contribution is 0.0263. The van der Waals surface area contributed by atoms with Gasteiger partial charge in [-0.25, -0.2) is 0 Å². The molecule has 110 valence electrons. The van der Waals surface area contributed by atoms with Crippen LogP contribution in [0.5, 0.6) is 0 Å². The van der Waals surface area contributed by atoms with E-state index in [1.807, 2.05) is 11.0 Å². The van der Waals surface area contributed by atoms with E-state index in [1.165, 1.54) is 4.88 Å². The minimum absolute atomic E-state index is 0.167. The number of hydrogen-bond acceptors (Lipinski definition) is 4. The van der Waals surface area contributed by atoms with Crippen LogP contribution in [-0.4, -0.2) is 55.1 Å². The topological polar surface area (TPSA) is 32.8 Å². The fourth-order valence-electron chi connectivity index (χ4n) is 2.94. The quantitative estimate of drug-likeness (QED) is 0.832. The van der Waals surface area contributed by atoms with Crippen LogP contribution in [0.4, 0.5) is 0 Å². The van der Waals surface area contributed by atoms with E-state index in [2.05, 4.69) is 34.7 Å². The molecule has 1 aromatic heterocycles. The first-order chi connectivity index (χ1) is 9.50. The first-order valence-electron chi connectivity index (χ1n) is 6.92. The van der Waals surface area contributed by atoms with Gasteiger partial charge in [0, 0.05) is 31.1 Å². The first kappa shape index (κ1) is 14.5. The molecule has 20 heavy (non-hydrogen) atoms. The highest BCUT2D eigenvalue weighted by Gasteiger charge is 2.44. The summed E-state index contributed by atoms with van der Waals surface area (Å²) >= 11 is 5.16. The summed E-state index contributed by atoms with van der Waals surface area (Å²) in [5.41, 5.74) is 0.670. The maximum atomic E-state index is 12.6. The van der Waals surface area contributed by atoms with Gasteiger partial charge in [0.2, 0.25) is 0 Å². The minimum Gasteiger partial charge on any atom is -0.379 e. The van der Waals surface area contributed by atoms with Gasteiger partial charge in [0.15, 0.2) is 0 Å². The number of ether oxygens (including phenoxy) is 1. The maximum Gasteiger partial charge on any atom is 0.255 e. The van der Waals surface area contributed by atoms with E-state index in [0.29, 0.717) is 0 Å². The molecule has 0 bridgehead atoms. The van der Waals surface area contributed by atoms with Crippen molar-refractivity contribution < 1.29 is 9.53 Å². The van der Waals surface area contributed by atoms with Gasteiger partial charge in [-0.2, -0.15) is 0 Å². The van der Waals surface area contributed by atoms with Crippen LogP contribution in [0.3, 0.4) is 0 Å². The molecule has 1 amide bonds. The molecule has 0 spiro atoms. The average molecular weight is 359 g/mol. The number of fused-ring (bicyclic) bond motifs is 1. The smallest absolute Gasteiger partial charge is 0.255 e. The van der Waals surface area contributed by atoms with Gasteiger partial charge in [-0.05, 0) is 35.8 Å². The lowest BCUT2D eigenvalue weighted by Gasteiger charge is -2.35. The summed E-state index contributed by atoms with van der Waals surface area (Å²) in [6.07, 6.45) is 0. The van der Waals surface area contributed by atoms with Gasteiger partial charge in [-0.3, -0.25) is 9.69 Å². The van der Waals surface area contributed by atoms with E-state index in [0.717, 1.165) is 48.7 Å². The van der Waals surface area contributed by atoms with Gasteiger partial charge in [0.05, 0.1) is 28.1 Å². The SMILES string of the molecule is CC1(C)c2sc(Br)cc2C(=O)N1CCN1CCOCC1. The third kappa shape index (κ3) is 2.43. The van der Waals surface area contributed by atoms with Gasteiger partial charge >= 0.3 is 0 Å². The molecule has 2 aliphatic rings. The van der Waals surface area contributed by atoms with Gasteiger partial charge in [-0.1, -0.05) is 0 Å². The van der Waals surface area contributed by atoms with Crippen LogP contribution < -0.4 is 0 Å². The third-order valence-corrected chi connectivity index (χ3v) is 6.10. The number of thiophene rings is 1. The molecule has 6 heteroatoms. The zero-order valence-corrected chi connectivity index (χ0v) is 14.2. The van der Waals surface area contributed by atoms with Crippen molar-refractivity contribution in [3.05, 3.63) is 20.3 Å². The lowest BCUT2D eigenvalue weighted by Crippen LogP contribution is -2.46. The second-order valence-corrected chi connectivity index (χ2v) is 8.19. The van der Waals surface area contributed by atoms with Gasteiger partial charge in [0.25, 0.3) is 5.91 Å². The van der Waals surface area contributed by atoms with Crippen molar-refractivity contribution in [1.29, 1.82) is 0 Å². The zero-order valence-electron chi connectivity index (χ0n) is 11.8. The van der Waals surface area contributed by atoms with Crippen molar-refractivity contribution in [2.24, 2.45) is 0 Å². The summed E-state index contributed by atoms with van der Waals surface area (Å²) in [4.78, 5) is 18.1. The highest BCUT2D eigenvalue weighted by molar-refractivity contribution is 9.11. The van der Waals surface area contributed by atoms with Crippen LogP contribution in [0.15, 0.2) is 9.85 Å². The zero-order chi connectivity index (χ0) is 14.3. The number of nitrogens with zero attached hydrogens (tertiary/aromatic N) is 2. The standard InChI is InChI=1S/C14H19BrN2O2S/c1-14(2)12-10(9-11(15)20-12)13(18)17(14)4-3-16-5-7-19-8-6-16/h9H,3-8H2,1-2H3. The van der Waals surface area contributed by atoms with E-state index in [9.17, 15) is 4.79 Å². The number of morpholine rings is 1. The highest BCUT2D eigenvalue weighted by Crippen LogP contribution is 2.44. The monoisotopic (exact) mass is 358 g/mol. The normalized spacial score (nSPS) is 22.4. The molecule has 3 heterocycles. The Hall–Kier alpha value is -0.430. The van der Waals surface area contributed by atoms with Crippen molar-refractivity contribution in [2.45, 2.75) is 19.4 Å². The predicted octanol–water partition coefficient (Wildman–Crippen LogP) is 2.53. The molecule has 0 aromatic carbocycles. The van der Waals surface area contributed by atoms with Crippen molar-refractivity contribution in [2.75, 3.05) is 39.4 Å². The van der Waals surface area contributed by atoms with Crippen LogP contribution in [0.25, 0.3) is 0 Å². The predicted molar refractivity (Wildman–Crippen MR) is 83.3 cm³/mol. The van der Waals surface area contributed by atoms with Gasteiger partial charge in [0.1, 0.15) is 0 Å². The Balaban J connectivity index is 1.71. The second-order valence-electron chi connectivity index (χ2n) is 5.76. The number of carbonyl (C=O) groups excluding carboxylic acids is 1. The fraction of sp³-hybridized carbons (Fsp3) is 0.643. The summed E-state index contributed by atoms with van der Waals surface area (Å²) in [5.74, 6) is 0.167. The largest absolute Gasteiger partial charge is 0.379 e. The molecule has 1 fully saturated rings. The molecule has 2 aliphatic heterocycles. The van der Waals surface area contributed by atoms with Gasteiger partial charge in [-0.15, -0.1) is 11.3 Å². The van der Waals surface area contributed by atoms with Crippen LogP contribution in [0.2, 0.25) is 0 Å². The number of rotatable bonds is 3. The Morgan fingerprint density at radius 2 is 2.05 bits per heavy atom. The van der Waals surface area contributed by atoms with Gasteiger partial charge < -0.3 is 9.64 Å². The van der Waals surface area contributed by atoms with Crippen LogP contribution >= 0.6 is 27.3 Å². The summed E-state index contributed by atoms with van der Waals surface area (Å²) in [5, 5.41) is 0. The van der Waals surface area contributed by atoms with Crippen LogP contribution in [0.1, 0.15) is 29.1 Å². The fourth-order valence-corrected chi connectivity index (χ4v) is 4.65. The van der Waals surface area contributed by atoms with E-state index < -0.39 is 0 Å². The Labute approximate surface area is 131 Å². The molecule has 3 rings (SSSR count). The molecule has 0 atom stereocenters. The van der Waals surface area contributed by atoms with Crippen molar-refractivity contribution in [3.8, 4) is 0 Å². The molecule has 1 aromatic rings. The Kier molecular flexibility index (Phi) is 3.92. The molecule has 0 unspecified atom stereocenters. The number of hydrogen-bond donors (Lipinski definition) is 0. The summed E-state index contributed by atoms with van der Waals surface area (Å²) in [7, 11) is 0. The van der Waals surface area contributed by atoms with Crippen LogP contribution in [0, 0.1) is 0 Å². The molecule has 0 N–H and O–H groups in total. The molecule has 4 nitrogen and oxygen atoms in total. The van der Waals surface area contributed by atoms with Crippen molar-refractivity contribution in [1.82, 2.24) is 9.80 Å². The van der Waals surface area contributed by atoms with E-state index in [-0.39, 0.29) is 11.4 Å². The first-order valence-corrected chi connectivity index (χ1v) is 8.53. The highest BCUT2D eigenvalue weighted by atomic mass is 79.9. The van der Waals surface area contributed by atoms with E-state index in [1.54, 1.807) is 11.3 Å². The Morgan fingerprint density at radius 3 is 2.70 bits per heavy atom. The Bertz CT molecular complexity index is 523. The minimum atomic E-state index is -0.199. The molecule has 0 radical (unpaired) electrons. The Morgan fingerprint density at radius 1 is 1.35 bits per heavy atom. The maximum absolute atomic E-state index is 12.6.